The third-order valence-electron chi connectivity index (χ3n) is 8.74. The first-order valence-corrected chi connectivity index (χ1v) is 16.2. The van der Waals surface area contributed by atoms with Gasteiger partial charge in [-0.1, -0.05) is 126 Å². The summed E-state index contributed by atoms with van der Waals surface area (Å²) in [4.78, 5) is 16.9. The van der Waals surface area contributed by atoms with Crippen LogP contribution in [0.4, 0.5) is 0 Å². The van der Waals surface area contributed by atoms with Gasteiger partial charge in [0, 0.05) is 12.0 Å². The van der Waals surface area contributed by atoms with Crippen LogP contribution < -0.4 is 0 Å². The summed E-state index contributed by atoms with van der Waals surface area (Å²) >= 11 is 0. The molecule has 0 aliphatic carbocycles. The van der Waals surface area contributed by atoms with Gasteiger partial charge >= 0.3 is 5.97 Å². The summed E-state index contributed by atoms with van der Waals surface area (Å²) in [6, 6.07) is 36.8. The second-order valence-electron chi connectivity index (χ2n) is 11.8. The van der Waals surface area contributed by atoms with Crippen LogP contribution in [0.5, 0.6) is 0 Å². The van der Waals surface area contributed by atoms with Crippen LogP contribution in [0.25, 0.3) is 10.4 Å². The van der Waals surface area contributed by atoms with Gasteiger partial charge in [-0.3, -0.25) is 4.79 Å². The molecule has 2 fully saturated rings. The fraction of sp³-hybridized carbons (Fsp3) is 0.342. The van der Waals surface area contributed by atoms with Crippen LogP contribution >= 0.6 is 0 Å². The molecule has 2 saturated heterocycles. The van der Waals surface area contributed by atoms with Crippen molar-refractivity contribution in [3.05, 3.63) is 154 Å². The number of benzene rings is 4. The van der Waals surface area contributed by atoms with Crippen molar-refractivity contribution < 1.29 is 38.0 Å². The van der Waals surface area contributed by atoms with Crippen molar-refractivity contribution in [2.75, 3.05) is 13.7 Å². The van der Waals surface area contributed by atoms with E-state index in [1.807, 2.05) is 121 Å². The Bertz CT molecular complexity index is 1660. The highest BCUT2D eigenvalue weighted by molar-refractivity contribution is 5.77. The number of ether oxygens (including phenoxy) is 7. The number of esters is 1. The molecule has 254 valence electrons. The topological polar surface area (TPSA) is 130 Å². The molecule has 11 heteroatoms. The van der Waals surface area contributed by atoms with Crippen molar-refractivity contribution in [1.29, 1.82) is 0 Å². The van der Waals surface area contributed by atoms with Crippen molar-refractivity contribution in [3.63, 3.8) is 0 Å². The standard InChI is InChI=1S/C38H39N3O8/c1-43-37-35-38(48-25-30-20-12-5-13-21-30,31(26-46-35)44-22-27-14-6-2-7-15-27)34(45-23-28-16-8-3-9-17-28)33(49-37)32(40-41-39)36(42)47-24-29-18-10-4-11-19-29/h2-21,31-35,37H,22-26H2,1H3/t31-,32-,33-,34+,35-,37-,38-/m0/s1. The van der Waals surface area contributed by atoms with E-state index in [4.69, 9.17) is 33.2 Å². The highest BCUT2D eigenvalue weighted by Gasteiger charge is 2.68. The lowest BCUT2D eigenvalue weighted by molar-refractivity contribution is -0.342. The molecule has 2 heterocycles. The molecule has 7 atom stereocenters. The number of methoxy groups -OCH3 is 1. The fourth-order valence-electron chi connectivity index (χ4n) is 6.34. The third-order valence-corrected chi connectivity index (χ3v) is 8.74. The number of nitrogens with zero attached hydrogens (tertiary/aromatic N) is 3. The molecule has 0 radical (unpaired) electrons. The molecule has 0 amide bonds. The normalized spacial score (nSPS) is 25.1. The molecule has 0 saturated carbocycles. The highest BCUT2D eigenvalue weighted by Crippen LogP contribution is 2.47. The molecule has 4 aromatic rings. The highest BCUT2D eigenvalue weighted by atomic mass is 16.7. The Balaban J connectivity index is 1.41. The average molecular weight is 666 g/mol. The summed E-state index contributed by atoms with van der Waals surface area (Å²) in [5, 5.41) is 3.92. The van der Waals surface area contributed by atoms with Gasteiger partial charge in [0.15, 0.2) is 17.9 Å². The molecule has 2 aliphatic heterocycles. The predicted octanol–water partition coefficient (Wildman–Crippen LogP) is 6.31. The van der Waals surface area contributed by atoms with Gasteiger partial charge in [-0.2, -0.15) is 0 Å². The van der Waals surface area contributed by atoms with Crippen molar-refractivity contribution in [3.8, 4) is 0 Å². The molecular weight excluding hydrogens is 626 g/mol. The van der Waals surface area contributed by atoms with Gasteiger partial charge in [-0.15, -0.1) is 0 Å². The van der Waals surface area contributed by atoms with E-state index < -0.39 is 48.3 Å². The Kier molecular flexibility index (Phi) is 11.7. The SMILES string of the molecule is CO[C@H]1O[C@@H]([C@H](N=[N+]=[N-])C(=O)OCc2ccccc2)[C@@H](OCc2ccccc2)[C@@]2(OCc3ccccc3)[C@@H](OCc3ccccc3)CO[C@@H]12. The summed E-state index contributed by atoms with van der Waals surface area (Å²) in [5.74, 6) is -0.785. The maximum atomic E-state index is 13.8. The summed E-state index contributed by atoms with van der Waals surface area (Å²) in [5.41, 5.74) is 11.8. The van der Waals surface area contributed by atoms with Crippen molar-refractivity contribution in [1.82, 2.24) is 0 Å². The summed E-state index contributed by atoms with van der Waals surface area (Å²) in [6.45, 7) is 0.630. The minimum Gasteiger partial charge on any atom is -0.460 e. The van der Waals surface area contributed by atoms with E-state index in [-0.39, 0.29) is 33.0 Å². The molecule has 4 aromatic carbocycles. The van der Waals surface area contributed by atoms with Gasteiger partial charge in [0.2, 0.25) is 0 Å². The second-order valence-corrected chi connectivity index (χ2v) is 11.8. The largest absolute Gasteiger partial charge is 0.460 e. The summed E-state index contributed by atoms with van der Waals surface area (Å²) in [7, 11) is 1.48. The zero-order valence-electron chi connectivity index (χ0n) is 27.2. The van der Waals surface area contributed by atoms with E-state index in [1.54, 1.807) is 0 Å². The second kappa shape index (κ2) is 16.7. The first-order chi connectivity index (χ1) is 24.1. The fourth-order valence-corrected chi connectivity index (χ4v) is 6.34. The van der Waals surface area contributed by atoms with Crippen LogP contribution in [0.1, 0.15) is 22.3 Å². The number of carbonyl (C=O) groups is 1. The quantitative estimate of drug-likeness (QED) is 0.0626. The van der Waals surface area contributed by atoms with Crippen LogP contribution in [-0.4, -0.2) is 62.0 Å². The number of azide groups is 1. The Morgan fingerprint density at radius 3 is 1.84 bits per heavy atom. The Morgan fingerprint density at radius 2 is 1.31 bits per heavy atom. The molecule has 49 heavy (non-hydrogen) atoms. The van der Waals surface area contributed by atoms with Crippen LogP contribution in [0.15, 0.2) is 126 Å². The van der Waals surface area contributed by atoms with E-state index in [9.17, 15) is 10.3 Å². The maximum absolute atomic E-state index is 13.8. The van der Waals surface area contributed by atoms with Gasteiger partial charge in [-0.25, -0.2) is 0 Å². The Morgan fingerprint density at radius 1 is 0.796 bits per heavy atom. The van der Waals surface area contributed by atoms with E-state index in [1.165, 1.54) is 7.11 Å². The van der Waals surface area contributed by atoms with E-state index in [2.05, 4.69) is 10.0 Å². The summed E-state index contributed by atoms with van der Waals surface area (Å²) in [6.07, 6.45) is -4.87. The molecule has 0 aromatic heterocycles. The smallest absolute Gasteiger partial charge is 0.318 e. The van der Waals surface area contributed by atoms with Crippen molar-refractivity contribution in [2.24, 2.45) is 5.11 Å². The number of rotatable bonds is 15. The monoisotopic (exact) mass is 665 g/mol. The minimum absolute atomic E-state index is 0.0305. The van der Waals surface area contributed by atoms with Crippen molar-refractivity contribution >= 4 is 5.97 Å². The molecule has 2 aliphatic rings. The average Bonchev–Trinajstić information content (AvgIpc) is 3.54. The Hall–Kier alpha value is -4.58. The molecular formula is C38H39N3O8. The van der Waals surface area contributed by atoms with Crippen molar-refractivity contribution in [2.45, 2.75) is 68.8 Å². The minimum atomic E-state index is -1.47. The Labute approximate surface area is 285 Å². The first-order valence-electron chi connectivity index (χ1n) is 16.2. The van der Waals surface area contributed by atoms with Crippen LogP contribution in [0.3, 0.4) is 0 Å². The number of fused-ring (bicyclic) bond motifs is 1. The lowest BCUT2D eigenvalue weighted by Gasteiger charge is -2.52. The number of carbonyl (C=O) groups excluding carboxylic acids is 1. The van der Waals surface area contributed by atoms with Gasteiger partial charge < -0.3 is 33.2 Å². The molecule has 0 unspecified atom stereocenters. The zero-order chi connectivity index (χ0) is 33.9. The van der Waals surface area contributed by atoms with Crippen LogP contribution in [-0.2, 0) is 64.4 Å². The lowest BCUT2D eigenvalue weighted by Crippen LogP contribution is -2.72. The van der Waals surface area contributed by atoms with Gasteiger partial charge in [0.05, 0.1) is 26.4 Å². The van der Waals surface area contributed by atoms with Gasteiger partial charge in [-0.05, 0) is 27.8 Å². The van der Waals surface area contributed by atoms with Gasteiger partial charge in [0.25, 0.3) is 0 Å². The van der Waals surface area contributed by atoms with Crippen LogP contribution in [0, 0.1) is 0 Å². The molecule has 0 N–H and O–H groups in total. The van der Waals surface area contributed by atoms with E-state index in [0.717, 1.165) is 22.3 Å². The molecule has 11 nitrogen and oxygen atoms in total. The third kappa shape index (κ3) is 8.01. The van der Waals surface area contributed by atoms with E-state index >= 15 is 0 Å². The summed E-state index contributed by atoms with van der Waals surface area (Å²) < 4.78 is 44.7. The van der Waals surface area contributed by atoms with Crippen LogP contribution in [0.2, 0.25) is 0 Å². The van der Waals surface area contributed by atoms with E-state index in [0.29, 0.717) is 0 Å². The molecule has 0 spiro atoms. The molecule has 6 rings (SSSR count). The maximum Gasteiger partial charge on any atom is 0.318 e. The lowest BCUT2D eigenvalue weighted by atomic mass is 9.78. The first kappa shape index (κ1) is 34.3. The number of hydrogen-bond acceptors (Lipinski definition) is 9. The number of hydrogen-bond donors (Lipinski definition) is 0. The molecule has 0 bridgehead atoms. The van der Waals surface area contributed by atoms with Gasteiger partial charge in [0.1, 0.15) is 31.0 Å². The predicted molar refractivity (Wildman–Crippen MR) is 179 cm³/mol. The zero-order valence-corrected chi connectivity index (χ0v) is 27.2.